The lowest BCUT2D eigenvalue weighted by molar-refractivity contribution is -0.189. The fraction of sp³-hybridized carbons (Fsp3) is 1.00. The molecule has 0 fully saturated rings. The Morgan fingerprint density at radius 1 is 1.15 bits per heavy atom. The van der Waals surface area contributed by atoms with Crippen molar-refractivity contribution in [3.63, 3.8) is 0 Å². The molecule has 0 radical (unpaired) electrons. The van der Waals surface area contributed by atoms with Crippen molar-refractivity contribution in [2.24, 2.45) is 0 Å². The fourth-order valence-corrected chi connectivity index (χ4v) is 1.54. The van der Waals surface area contributed by atoms with Gasteiger partial charge in [-0.05, 0) is 15.9 Å². The second-order valence-corrected chi connectivity index (χ2v) is 3.88. The van der Waals surface area contributed by atoms with Crippen molar-refractivity contribution in [3.8, 4) is 0 Å². The van der Waals surface area contributed by atoms with Crippen LogP contribution in [-0.2, 0) is 18.9 Å². The van der Waals surface area contributed by atoms with E-state index in [4.69, 9.17) is 18.9 Å². The summed E-state index contributed by atoms with van der Waals surface area (Å²) < 4.78 is 19.8. The second kappa shape index (κ2) is 6.73. The van der Waals surface area contributed by atoms with Crippen molar-refractivity contribution in [2.75, 3.05) is 35.0 Å². The molecule has 0 amide bonds. The topological polar surface area (TPSA) is 36.9 Å². The van der Waals surface area contributed by atoms with Crippen LogP contribution in [0.1, 0.15) is 6.42 Å². The molecule has 0 aliphatic carbocycles. The highest BCUT2D eigenvalue weighted by molar-refractivity contribution is 9.10. The molecule has 0 aromatic heterocycles. The monoisotopic (exact) mass is 256 g/mol. The Hall–Kier alpha value is 0.320. The van der Waals surface area contributed by atoms with Gasteiger partial charge < -0.3 is 18.9 Å². The summed E-state index contributed by atoms with van der Waals surface area (Å²) in [5.74, 6) is 0. The van der Waals surface area contributed by atoms with Crippen LogP contribution in [-0.4, -0.2) is 45.8 Å². The predicted octanol–water partition coefficient (Wildman–Crippen LogP) is 1.38. The minimum atomic E-state index is -0.646. The Kier molecular flexibility index (Phi) is 6.89. The lowest BCUT2D eigenvalue weighted by atomic mass is 10.2. The van der Waals surface area contributed by atoms with Gasteiger partial charge in [0.15, 0.2) is 10.8 Å². The summed E-state index contributed by atoms with van der Waals surface area (Å²) in [7, 11) is 6.36. The number of halogens is 1. The number of methoxy groups -OCH3 is 4. The first-order chi connectivity index (χ1) is 6.14. The van der Waals surface area contributed by atoms with Crippen molar-refractivity contribution in [1.29, 1.82) is 0 Å². The highest BCUT2D eigenvalue weighted by Gasteiger charge is 2.36. The Bertz CT molecular complexity index is 129. The molecule has 1 atom stereocenters. The van der Waals surface area contributed by atoms with Gasteiger partial charge in [-0.25, -0.2) is 0 Å². The molecule has 0 spiro atoms. The van der Waals surface area contributed by atoms with Gasteiger partial charge in [-0.1, -0.05) is 0 Å². The van der Waals surface area contributed by atoms with Crippen molar-refractivity contribution in [1.82, 2.24) is 0 Å². The molecular weight excluding hydrogens is 240 g/mol. The van der Waals surface area contributed by atoms with E-state index in [-0.39, 0.29) is 0 Å². The SMILES string of the molecule is COCCC(Br)(OC)C(OC)OC. The second-order valence-electron chi connectivity index (χ2n) is 2.54. The van der Waals surface area contributed by atoms with Gasteiger partial charge in [-0.3, -0.25) is 0 Å². The molecule has 13 heavy (non-hydrogen) atoms. The number of rotatable bonds is 7. The van der Waals surface area contributed by atoms with Crippen LogP contribution < -0.4 is 0 Å². The summed E-state index contributed by atoms with van der Waals surface area (Å²) >= 11 is 3.42. The summed E-state index contributed by atoms with van der Waals surface area (Å²) in [6.45, 7) is 0.572. The van der Waals surface area contributed by atoms with Crippen molar-refractivity contribution < 1.29 is 18.9 Å². The van der Waals surface area contributed by atoms with Crippen LogP contribution in [0, 0.1) is 0 Å². The van der Waals surface area contributed by atoms with E-state index < -0.39 is 10.8 Å². The van der Waals surface area contributed by atoms with Crippen LogP contribution in [0.5, 0.6) is 0 Å². The molecular formula is C8H17BrO4. The predicted molar refractivity (Wildman–Crippen MR) is 53.0 cm³/mol. The van der Waals surface area contributed by atoms with E-state index in [2.05, 4.69) is 15.9 Å². The smallest absolute Gasteiger partial charge is 0.196 e. The first-order valence-electron chi connectivity index (χ1n) is 3.93. The minimum absolute atomic E-state index is 0.451. The highest BCUT2D eigenvalue weighted by Crippen LogP contribution is 2.29. The van der Waals surface area contributed by atoms with Gasteiger partial charge in [-0.2, -0.15) is 0 Å². The van der Waals surface area contributed by atoms with Gasteiger partial charge in [0.1, 0.15) is 0 Å². The normalized spacial score (nSPS) is 16.2. The molecule has 0 N–H and O–H groups in total. The van der Waals surface area contributed by atoms with Crippen molar-refractivity contribution >= 4 is 15.9 Å². The third kappa shape index (κ3) is 3.91. The molecule has 0 heterocycles. The van der Waals surface area contributed by atoms with E-state index in [0.29, 0.717) is 13.0 Å². The fourth-order valence-electron chi connectivity index (χ4n) is 1.01. The summed E-state index contributed by atoms with van der Waals surface area (Å²) in [4.78, 5) is 0. The Morgan fingerprint density at radius 3 is 2.00 bits per heavy atom. The first-order valence-corrected chi connectivity index (χ1v) is 4.72. The molecule has 0 aromatic rings. The lowest BCUT2D eigenvalue weighted by Crippen LogP contribution is -2.41. The number of hydrogen-bond acceptors (Lipinski definition) is 4. The molecule has 0 aromatic carbocycles. The van der Waals surface area contributed by atoms with E-state index in [1.807, 2.05) is 0 Å². The van der Waals surface area contributed by atoms with Crippen LogP contribution >= 0.6 is 15.9 Å². The molecule has 80 valence electrons. The highest BCUT2D eigenvalue weighted by atomic mass is 79.9. The Morgan fingerprint density at radius 2 is 1.69 bits per heavy atom. The standard InChI is InChI=1S/C8H17BrO4/c1-10-6-5-8(9,13-4)7(11-2)12-3/h7H,5-6H2,1-4H3. The third-order valence-corrected chi connectivity index (χ3v) is 2.86. The average Bonchev–Trinajstić information content (AvgIpc) is 2.16. The molecule has 4 nitrogen and oxygen atoms in total. The van der Waals surface area contributed by atoms with E-state index in [0.717, 1.165) is 0 Å². The van der Waals surface area contributed by atoms with Gasteiger partial charge in [0.25, 0.3) is 0 Å². The number of ether oxygens (including phenoxy) is 4. The molecule has 1 unspecified atom stereocenters. The average molecular weight is 257 g/mol. The van der Waals surface area contributed by atoms with Gasteiger partial charge in [0.05, 0.1) is 0 Å². The zero-order valence-corrected chi connectivity index (χ0v) is 10.1. The first kappa shape index (κ1) is 13.3. The molecule has 0 bridgehead atoms. The summed E-state index contributed by atoms with van der Waals surface area (Å²) in [5, 5.41) is 0. The van der Waals surface area contributed by atoms with Crippen LogP contribution in [0.2, 0.25) is 0 Å². The minimum Gasteiger partial charge on any atom is -0.385 e. The van der Waals surface area contributed by atoms with Gasteiger partial charge in [0.2, 0.25) is 0 Å². The molecule has 0 rings (SSSR count). The molecule has 5 heteroatoms. The van der Waals surface area contributed by atoms with E-state index in [1.165, 1.54) is 0 Å². The summed E-state index contributed by atoms with van der Waals surface area (Å²) in [5.41, 5.74) is 0. The van der Waals surface area contributed by atoms with E-state index >= 15 is 0 Å². The lowest BCUT2D eigenvalue weighted by Gasteiger charge is -2.32. The zero-order valence-electron chi connectivity index (χ0n) is 8.50. The maximum atomic E-state index is 5.27. The quantitative estimate of drug-likeness (QED) is 0.510. The van der Waals surface area contributed by atoms with E-state index in [1.54, 1.807) is 28.4 Å². The van der Waals surface area contributed by atoms with Crippen molar-refractivity contribution in [2.45, 2.75) is 17.2 Å². The van der Waals surface area contributed by atoms with Gasteiger partial charge in [0, 0.05) is 41.5 Å². The van der Waals surface area contributed by atoms with Crippen LogP contribution in [0.3, 0.4) is 0 Å². The van der Waals surface area contributed by atoms with Crippen LogP contribution in [0.4, 0.5) is 0 Å². The van der Waals surface area contributed by atoms with E-state index in [9.17, 15) is 0 Å². The summed E-state index contributed by atoms with van der Waals surface area (Å²) in [6, 6.07) is 0. The number of alkyl halides is 1. The number of hydrogen-bond donors (Lipinski definition) is 0. The van der Waals surface area contributed by atoms with Crippen LogP contribution in [0.25, 0.3) is 0 Å². The molecule has 0 aliphatic heterocycles. The largest absolute Gasteiger partial charge is 0.385 e. The van der Waals surface area contributed by atoms with Crippen LogP contribution in [0.15, 0.2) is 0 Å². The Labute approximate surface area is 87.6 Å². The maximum Gasteiger partial charge on any atom is 0.196 e. The maximum absolute atomic E-state index is 5.27. The van der Waals surface area contributed by atoms with Crippen molar-refractivity contribution in [3.05, 3.63) is 0 Å². The molecule has 0 saturated carbocycles. The molecule has 0 aliphatic rings. The zero-order chi connectivity index (χ0) is 10.3. The Balaban J connectivity index is 4.21. The summed E-state index contributed by atoms with van der Waals surface area (Å²) in [6.07, 6.45) is 0.194. The van der Waals surface area contributed by atoms with Gasteiger partial charge in [-0.15, -0.1) is 0 Å². The molecule has 0 saturated heterocycles. The third-order valence-electron chi connectivity index (χ3n) is 1.77. The van der Waals surface area contributed by atoms with Gasteiger partial charge >= 0.3 is 0 Å².